The maximum atomic E-state index is 11.8. The van der Waals surface area contributed by atoms with Gasteiger partial charge in [0.05, 0.1) is 0 Å². The molecule has 0 aromatic heterocycles. The first kappa shape index (κ1) is 23.7. The van der Waals surface area contributed by atoms with Crippen LogP contribution >= 0.6 is 0 Å². The van der Waals surface area contributed by atoms with E-state index in [1.807, 2.05) is 0 Å². The summed E-state index contributed by atoms with van der Waals surface area (Å²) in [6.45, 7) is 7.47. The molecular weight excluding hydrogens is 408 g/mol. The number of esters is 3. The molecule has 2 saturated heterocycles. The average Bonchev–Trinajstić information content (AvgIpc) is 3.05. The third kappa shape index (κ3) is 5.64. The Morgan fingerprint density at radius 2 is 1.71 bits per heavy atom. The molecule has 31 heavy (non-hydrogen) atoms. The minimum atomic E-state index is -0.901. The molecule has 2 aliphatic heterocycles. The molecule has 1 saturated carbocycles. The van der Waals surface area contributed by atoms with E-state index < -0.39 is 60.3 Å². The van der Waals surface area contributed by atoms with Crippen LogP contribution in [0.5, 0.6) is 0 Å². The maximum Gasteiger partial charge on any atom is 0.303 e. The number of fused-ring (bicyclic) bond motifs is 1. The van der Waals surface area contributed by atoms with E-state index in [0.717, 1.165) is 19.3 Å². The molecule has 1 unspecified atom stereocenters. The summed E-state index contributed by atoms with van der Waals surface area (Å²) >= 11 is 0. The van der Waals surface area contributed by atoms with Crippen molar-refractivity contribution in [1.29, 1.82) is 0 Å². The molecule has 0 aromatic carbocycles. The predicted molar refractivity (Wildman–Crippen MR) is 107 cm³/mol. The second-order valence-electron chi connectivity index (χ2n) is 8.32. The Kier molecular flexibility index (Phi) is 7.72. The molecule has 6 atom stereocenters. The summed E-state index contributed by atoms with van der Waals surface area (Å²) in [6, 6.07) is 0. The van der Waals surface area contributed by atoms with E-state index in [2.05, 4.69) is 6.58 Å². The first-order valence-electron chi connectivity index (χ1n) is 10.8. The lowest BCUT2D eigenvalue weighted by atomic mass is 9.90. The van der Waals surface area contributed by atoms with Crippen molar-refractivity contribution in [2.75, 3.05) is 6.61 Å². The van der Waals surface area contributed by atoms with E-state index in [1.54, 1.807) is 6.08 Å². The van der Waals surface area contributed by atoms with Gasteiger partial charge in [0, 0.05) is 33.6 Å². The highest BCUT2D eigenvalue weighted by Crippen LogP contribution is 2.46. The fraction of sp³-hybridized carbons (Fsp3) is 0.773. The van der Waals surface area contributed by atoms with Gasteiger partial charge in [-0.05, 0) is 19.3 Å². The average molecular weight is 440 g/mol. The normalized spacial score (nSPS) is 32.5. The third-order valence-corrected chi connectivity index (χ3v) is 5.82. The second kappa shape index (κ2) is 10.1. The van der Waals surface area contributed by atoms with Crippen LogP contribution in [0.25, 0.3) is 0 Å². The summed E-state index contributed by atoms with van der Waals surface area (Å²) in [6.07, 6.45) is 2.26. The van der Waals surface area contributed by atoms with E-state index in [1.165, 1.54) is 20.8 Å². The van der Waals surface area contributed by atoms with Crippen LogP contribution in [0, 0.1) is 0 Å². The number of rotatable bonds is 7. The van der Waals surface area contributed by atoms with Gasteiger partial charge in [-0.25, -0.2) is 0 Å². The summed E-state index contributed by atoms with van der Waals surface area (Å²) in [5.41, 5.74) is 0. The summed E-state index contributed by atoms with van der Waals surface area (Å²) in [7, 11) is 0. The quantitative estimate of drug-likeness (QED) is 0.334. The largest absolute Gasteiger partial charge is 0.462 e. The summed E-state index contributed by atoms with van der Waals surface area (Å²) in [5, 5.41) is 0. The lowest BCUT2D eigenvalue weighted by Crippen LogP contribution is -2.61. The standard InChI is InChI=1S/C22H32O9/c1-5-9-16-18(28-15(4)25)20-21(31-22(30-20)10-7-6-8-11-22)19(29-16)17(27-14(3)24)12-26-13(2)23/h5,16-21H,1,6-12H2,2-4H3/t16-,17+,18-,19-,20?,21+/m0/s1. The van der Waals surface area contributed by atoms with Gasteiger partial charge < -0.3 is 28.4 Å². The number of ether oxygens (including phenoxy) is 6. The molecule has 1 aliphatic carbocycles. The Balaban J connectivity index is 1.93. The van der Waals surface area contributed by atoms with Gasteiger partial charge in [-0.15, -0.1) is 6.58 Å². The molecule has 9 nitrogen and oxygen atoms in total. The van der Waals surface area contributed by atoms with Crippen LogP contribution in [0.3, 0.4) is 0 Å². The zero-order valence-electron chi connectivity index (χ0n) is 18.4. The van der Waals surface area contributed by atoms with E-state index >= 15 is 0 Å². The molecule has 0 bridgehead atoms. The SMILES string of the molecule is C=CC[C@@H]1O[C@@H]([C@@H](COC(C)=O)OC(C)=O)[C@H]2OC3(CCCCC3)OC2[C@H]1OC(C)=O. The van der Waals surface area contributed by atoms with Crippen molar-refractivity contribution in [2.24, 2.45) is 0 Å². The highest BCUT2D eigenvalue weighted by Gasteiger charge is 2.60. The van der Waals surface area contributed by atoms with Crippen molar-refractivity contribution in [1.82, 2.24) is 0 Å². The fourth-order valence-corrected chi connectivity index (χ4v) is 4.66. The van der Waals surface area contributed by atoms with Crippen LogP contribution in [0.1, 0.15) is 59.3 Å². The van der Waals surface area contributed by atoms with E-state index in [4.69, 9.17) is 28.4 Å². The Bertz CT molecular complexity index is 684. The first-order chi connectivity index (χ1) is 14.7. The van der Waals surface area contributed by atoms with Crippen LogP contribution < -0.4 is 0 Å². The summed E-state index contributed by atoms with van der Waals surface area (Å²) in [5.74, 6) is -2.29. The second-order valence-corrected chi connectivity index (χ2v) is 8.32. The van der Waals surface area contributed by atoms with Crippen molar-refractivity contribution in [3.63, 3.8) is 0 Å². The van der Waals surface area contributed by atoms with E-state index in [-0.39, 0.29) is 6.61 Å². The Morgan fingerprint density at radius 1 is 1.03 bits per heavy atom. The smallest absolute Gasteiger partial charge is 0.303 e. The molecular formula is C22H32O9. The highest BCUT2D eigenvalue weighted by molar-refractivity contribution is 5.67. The first-order valence-corrected chi connectivity index (χ1v) is 10.8. The minimum absolute atomic E-state index is 0.182. The molecule has 9 heteroatoms. The molecule has 174 valence electrons. The van der Waals surface area contributed by atoms with Gasteiger partial charge >= 0.3 is 17.9 Å². The zero-order valence-corrected chi connectivity index (χ0v) is 18.4. The van der Waals surface area contributed by atoms with Gasteiger partial charge in [0.25, 0.3) is 0 Å². The summed E-state index contributed by atoms with van der Waals surface area (Å²) < 4.78 is 35.3. The fourth-order valence-electron chi connectivity index (χ4n) is 4.66. The molecule has 2 heterocycles. The topological polar surface area (TPSA) is 107 Å². The van der Waals surface area contributed by atoms with Gasteiger partial charge in [-0.3, -0.25) is 14.4 Å². The van der Waals surface area contributed by atoms with Crippen molar-refractivity contribution in [2.45, 2.75) is 102 Å². The lowest BCUT2D eigenvalue weighted by Gasteiger charge is -2.43. The zero-order chi connectivity index (χ0) is 22.6. The maximum absolute atomic E-state index is 11.8. The van der Waals surface area contributed by atoms with Crippen LogP contribution in [-0.4, -0.2) is 66.9 Å². The molecule has 1 spiro atoms. The monoisotopic (exact) mass is 440 g/mol. The Morgan fingerprint density at radius 3 is 2.29 bits per heavy atom. The van der Waals surface area contributed by atoms with Crippen LogP contribution in [0.2, 0.25) is 0 Å². The number of hydrogen-bond acceptors (Lipinski definition) is 9. The van der Waals surface area contributed by atoms with Crippen molar-refractivity contribution >= 4 is 17.9 Å². The molecule has 0 N–H and O–H groups in total. The number of hydrogen-bond donors (Lipinski definition) is 0. The van der Waals surface area contributed by atoms with Crippen LogP contribution in [0.4, 0.5) is 0 Å². The van der Waals surface area contributed by atoms with Gasteiger partial charge in [-0.2, -0.15) is 0 Å². The van der Waals surface area contributed by atoms with Gasteiger partial charge in [0.2, 0.25) is 0 Å². The predicted octanol–water partition coefficient (Wildman–Crippen LogP) is 2.20. The van der Waals surface area contributed by atoms with Gasteiger partial charge in [-0.1, -0.05) is 12.5 Å². The Hall–Kier alpha value is -1.97. The summed E-state index contributed by atoms with van der Waals surface area (Å²) in [4.78, 5) is 35.0. The number of carbonyl (C=O) groups is 3. The third-order valence-electron chi connectivity index (χ3n) is 5.82. The van der Waals surface area contributed by atoms with Gasteiger partial charge in [0.1, 0.15) is 31.0 Å². The number of carbonyl (C=O) groups excluding carboxylic acids is 3. The van der Waals surface area contributed by atoms with Gasteiger partial charge in [0.15, 0.2) is 18.0 Å². The van der Waals surface area contributed by atoms with Crippen molar-refractivity contribution in [3.8, 4) is 0 Å². The molecule has 0 radical (unpaired) electrons. The molecule has 0 amide bonds. The minimum Gasteiger partial charge on any atom is -0.462 e. The van der Waals surface area contributed by atoms with Crippen LogP contribution in [-0.2, 0) is 42.8 Å². The van der Waals surface area contributed by atoms with Crippen molar-refractivity contribution in [3.05, 3.63) is 12.7 Å². The highest BCUT2D eigenvalue weighted by atomic mass is 16.8. The van der Waals surface area contributed by atoms with E-state index in [0.29, 0.717) is 19.3 Å². The Labute approximate surface area is 182 Å². The lowest BCUT2D eigenvalue weighted by molar-refractivity contribution is -0.232. The molecule has 3 rings (SSSR count). The molecule has 3 aliphatic rings. The molecule has 3 fully saturated rings. The van der Waals surface area contributed by atoms with Crippen molar-refractivity contribution < 1.29 is 42.8 Å². The molecule has 0 aromatic rings. The van der Waals surface area contributed by atoms with Crippen LogP contribution in [0.15, 0.2) is 12.7 Å². The van der Waals surface area contributed by atoms with E-state index in [9.17, 15) is 14.4 Å².